The van der Waals surface area contributed by atoms with E-state index >= 15 is 0 Å². The van der Waals surface area contributed by atoms with Crippen molar-refractivity contribution in [2.45, 2.75) is 12.2 Å². The third-order valence-electron chi connectivity index (χ3n) is 1.21. The van der Waals surface area contributed by atoms with Crippen molar-refractivity contribution >= 4 is 49.3 Å². The maximum absolute atomic E-state index is 5.15. The van der Waals surface area contributed by atoms with Gasteiger partial charge < -0.3 is 9.47 Å². The summed E-state index contributed by atoms with van der Waals surface area (Å²) in [6.07, 6.45) is 0.124. The molecule has 0 N–H and O–H groups in total. The molecule has 0 spiro atoms. The van der Waals surface area contributed by atoms with Crippen molar-refractivity contribution in [1.29, 1.82) is 0 Å². The van der Waals surface area contributed by atoms with Gasteiger partial charge in [0.25, 0.3) is 0 Å². The molecular formula is C5H6Br2O2S. The van der Waals surface area contributed by atoms with Crippen LogP contribution >= 0.6 is 44.1 Å². The van der Waals surface area contributed by atoms with Gasteiger partial charge in [-0.2, -0.15) is 0 Å². The summed E-state index contributed by atoms with van der Waals surface area (Å²) in [5.74, 6) is 0. The van der Waals surface area contributed by atoms with Crippen LogP contribution in [0.15, 0.2) is 0 Å². The molecule has 0 aromatic carbocycles. The van der Waals surface area contributed by atoms with Crippen LogP contribution in [0, 0.1) is 0 Å². The van der Waals surface area contributed by atoms with Crippen LogP contribution in [0.1, 0.15) is 0 Å². The second-order valence-electron chi connectivity index (χ2n) is 1.87. The fraction of sp³-hybridized carbons (Fsp3) is 0.800. The molecular weight excluding hydrogens is 284 g/mol. The lowest BCUT2D eigenvalue weighted by atomic mass is 10.3. The van der Waals surface area contributed by atoms with Crippen LogP contribution in [0.5, 0.6) is 0 Å². The van der Waals surface area contributed by atoms with Gasteiger partial charge in [-0.25, -0.2) is 0 Å². The first-order valence-electron chi connectivity index (χ1n) is 2.77. The monoisotopic (exact) mass is 288 g/mol. The lowest BCUT2D eigenvalue weighted by Gasteiger charge is -2.08. The SMILES string of the molecule is S=C1O[C@@H](CBr)[C@H](CBr)O1. The average molecular weight is 290 g/mol. The van der Waals surface area contributed by atoms with Crippen LogP contribution < -0.4 is 0 Å². The number of halogens is 2. The minimum atomic E-state index is 0.0619. The number of rotatable bonds is 2. The van der Waals surface area contributed by atoms with Crippen molar-refractivity contribution in [2.24, 2.45) is 0 Å². The fourth-order valence-corrected chi connectivity index (χ4v) is 2.03. The molecule has 58 valence electrons. The third-order valence-corrected chi connectivity index (χ3v) is 2.68. The van der Waals surface area contributed by atoms with Crippen molar-refractivity contribution in [2.75, 3.05) is 10.7 Å². The molecule has 1 aliphatic rings. The molecule has 0 aromatic heterocycles. The van der Waals surface area contributed by atoms with Gasteiger partial charge in [-0.05, 0) is 0 Å². The minimum Gasteiger partial charge on any atom is -0.449 e. The highest BCUT2D eigenvalue weighted by atomic mass is 79.9. The van der Waals surface area contributed by atoms with Crippen LogP contribution in [0.2, 0.25) is 0 Å². The Balaban J connectivity index is 2.48. The van der Waals surface area contributed by atoms with E-state index in [2.05, 4.69) is 31.9 Å². The van der Waals surface area contributed by atoms with Crippen molar-refractivity contribution < 1.29 is 9.47 Å². The highest BCUT2D eigenvalue weighted by molar-refractivity contribution is 9.09. The minimum absolute atomic E-state index is 0.0619. The molecule has 1 aliphatic heterocycles. The van der Waals surface area contributed by atoms with Gasteiger partial charge in [0.05, 0.1) is 0 Å². The van der Waals surface area contributed by atoms with Crippen LogP contribution in [0.3, 0.4) is 0 Å². The molecule has 0 bridgehead atoms. The second-order valence-corrected chi connectivity index (χ2v) is 3.50. The first kappa shape index (κ1) is 8.74. The second kappa shape index (κ2) is 3.88. The molecule has 0 unspecified atom stereocenters. The highest BCUT2D eigenvalue weighted by Gasteiger charge is 2.32. The quantitative estimate of drug-likeness (QED) is 0.571. The predicted octanol–water partition coefficient (Wildman–Crippen LogP) is 1.85. The van der Waals surface area contributed by atoms with Gasteiger partial charge in [0.1, 0.15) is 0 Å². The van der Waals surface area contributed by atoms with E-state index in [1.165, 1.54) is 0 Å². The largest absolute Gasteiger partial charge is 0.449 e. The Hall–Kier alpha value is 0.650. The Morgan fingerprint density at radius 2 is 1.60 bits per heavy atom. The zero-order valence-corrected chi connectivity index (χ0v) is 9.04. The molecule has 1 rings (SSSR count). The van der Waals surface area contributed by atoms with Gasteiger partial charge in [-0.15, -0.1) is 0 Å². The van der Waals surface area contributed by atoms with E-state index in [9.17, 15) is 0 Å². The van der Waals surface area contributed by atoms with Gasteiger partial charge in [0.2, 0.25) is 0 Å². The summed E-state index contributed by atoms with van der Waals surface area (Å²) in [4.78, 5) is 0. The normalized spacial score (nSPS) is 31.6. The molecule has 0 aromatic rings. The molecule has 0 saturated carbocycles. The zero-order valence-electron chi connectivity index (χ0n) is 5.05. The number of hydrogen-bond donors (Lipinski definition) is 0. The lowest BCUT2D eigenvalue weighted by Crippen LogP contribution is -2.24. The van der Waals surface area contributed by atoms with Crippen molar-refractivity contribution in [3.8, 4) is 0 Å². The summed E-state index contributed by atoms with van der Waals surface area (Å²) in [6, 6.07) is 0. The van der Waals surface area contributed by atoms with Gasteiger partial charge >= 0.3 is 5.24 Å². The molecule has 0 aliphatic carbocycles. The Morgan fingerprint density at radius 3 is 1.90 bits per heavy atom. The predicted molar refractivity (Wildman–Crippen MR) is 49.9 cm³/mol. The fourth-order valence-electron chi connectivity index (χ4n) is 0.688. The van der Waals surface area contributed by atoms with E-state index in [-0.39, 0.29) is 17.4 Å². The molecule has 5 heteroatoms. The first-order chi connectivity index (χ1) is 4.77. The molecule has 0 amide bonds. The first-order valence-corrected chi connectivity index (χ1v) is 5.42. The third kappa shape index (κ3) is 1.83. The lowest BCUT2D eigenvalue weighted by molar-refractivity contribution is 0.197. The number of thiocarbonyl (C=S) groups is 1. The van der Waals surface area contributed by atoms with E-state index in [0.717, 1.165) is 10.7 Å². The van der Waals surface area contributed by atoms with Crippen LogP contribution in [0.25, 0.3) is 0 Å². The van der Waals surface area contributed by atoms with Crippen LogP contribution in [0.4, 0.5) is 0 Å². The Morgan fingerprint density at radius 1 is 1.20 bits per heavy atom. The molecule has 2 atom stereocenters. The molecule has 10 heavy (non-hydrogen) atoms. The Kier molecular flexibility index (Phi) is 3.39. The van der Waals surface area contributed by atoms with Crippen LogP contribution in [-0.2, 0) is 9.47 Å². The highest BCUT2D eigenvalue weighted by Crippen LogP contribution is 2.18. The maximum atomic E-state index is 5.15. The summed E-state index contributed by atoms with van der Waals surface area (Å²) >= 11 is 11.3. The zero-order chi connectivity index (χ0) is 7.56. The van der Waals surface area contributed by atoms with E-state index in [4.69, 9.17) is 21.7 Å². The van der Waals surface area contributed by atoms with E-state index in [1.54, 1.807) is 0 Å². The van der Waals surface area contributed by atoms with Crippen molar-refractivity contribution in [3.05, 3.63) is 0 Å². The topological polar surface area (TPSA) is 18.5 Å². The number of alkyl halides is 2. The van der Waals surface area contributed by atoms with Gasteiger partial charge in [-0.3, -0.25) is 0 Å². The smallest absolute Gasteiger partial charge is 0.353 e. The maximum Gasteiger partial charge on any atom is 0.353 e. The summed E-state index contributed by atoms with van der Waals surface area (Å²) in [6.45, 7) is 0. The Bertz CT molecular complexity index is 128. The van der Waals surface area contributed by atoms with Crippen LogP contribution in [-0.4, -0.2) is 28.1 Å². The average Bonchev–Trinajstić information content (AvgIpc) is 2.30. The van der Waals surface area contributed by atoms with E-state index < -0.39 is 0 Å². The van der Waals surface area contributed by atoms with Gasteiger partial charge in [0.15, 0.2) is 12.2 Å². The Labute approximate surface area is 81.5 Å². The summed E-state index contributed by atoms with van der Waals surface area (Å²) < 4.78 is 10.3. The van der Waals surface area contributed by atoms with Crippen molar-refractivity contribution in [1.82, 2.24) is 0 Å². The molecule has 0 radical (unpaired) electrons. The number of hydrogen-bond acceptors (Lipinski definition) is 3. The van der Waals surface area contributed by atoms with Gasteiger partial charge in [0, 0.05) is 22.9 Å². The van der Waals surface area contributed by atoms with E-state index in [1.807, 2.05) is 0 Å². The molecule has 1 saturated heterocycles. The van der Waals surface area contributed by atoms with Crippen molar-refractivity contribution in [3.63, 3.8) is 0 Å². The number of ether oxygens (including phenoxy) is 2. The summed E-state index contributed by atoms with van der Waals surface area (Å²) in [5.41, 5.74) is 0. The summed E-state index contributed by atoms with van der Waals surface area (Å²) in [7, 11) is 0. The molecule has 2 nitrogen and oxygen atoms in total. The summed E-state index contributed by atoms with van der Waals surface area (Å²) in [5, 5.41) is 1.76. The molecule has 1 fully saturated rings. The van der Waals surface area contributed by atoms with Gasteiger partial charge in [-0.1, -0.05) is 31.9 Å². The molecule has 1 heterocycles. The standard InChI is InChI=1S/C5H6Br2O2S/c6-1-3-4(2-7)9-5(10)8-3/h3-4H,1-2H2/t3-,4-/m0/s1. The van der Waals surface area contributed by atoms with E-state index in [0.29, 0.717) is 0 Å².